The van der Waals surface area contributed by atoms with Crippen molar-refractivity contribution in [2.45, 2.75) is 26.3 Å². The molecule has 0 aromatic rings. The van der Waals surface area contributed by atoms with Crippen LogP contribution in [0.3, 0.4) is 0 Å². The fraction of sp³-hybridized carbons (Fsp3) is 1.00. The second-order valence-electron chi connectivity index (χ2n) is 4.02. The summed E-state index contributed by atoms with van der Waals surface area (Å²) < 4.78 is 27.5. The van der Waals surface area contributed by atoms with Crippen molar-refractivity contribution in [1.82, 2.24) is 14.3 Å². The van der Waals surface area contributed by atoms with E-state index in [1.54, 1.807) is 6.92 Å². The fourth-order valence-electron chi connectivity index (χ4n) is 2.03. The maximum atomic E-state index is 11.7. The lowest BCUT2D eigenvalue weighted by Gasteiger charge is -2.35. The van der Waals surface area contributed by atoms with E-state index in [4.69, 9.17) is 0 Å². The van der Waals surface area contributed by atoms with Crippen molar-refractivity contribution >= 4 is 10.2 Å². The van der Waals surface area contributed by atoms with Crippen LogP contribution in [0.5, 0.6) is 0 Å². The van der Waals surface area contributed by atoms with Crippen LogP contribution in [0.2, 0.25) is 0 Å². The Hall–Kier alpha value is -0.170. The molecule has 0 aromatic carbocycles. The van der Waals surface area contributed by atoms with E-state index in [0.717, 1.165) is 6.42 Å². The van der Waals surface area contributed by atoms with Gasteiger partial charge in [0.05, 0.1) is 0 Å². The molecular weight excluding hydrogens is 214 g/mol. The Labute approximate surface area is 92.4 Å². The zero-order chi connectivity index (χ0) is 11.5. The van der Waals surface area contributed by atoms with Crippen molar-refractivity contribution in [3.8, 4) is 0 Å². The summed E-state index contributed by atoms with van der Waals surface area (Å²) in [7, 11) is -1.32. The third-order valence-corrected chi connectivity index (χ3v) is 4.57. The van der Waals surface area contributed by atoms with E-state index in [2.05, 4.69) is 17.0 Å². The van der Waals surface area contributed by atoms with Crippen molar-refractivity contribution < 1.29 is 8.42 Å². The molecule has 1 aliphatic heterocycles. The number of piperidine rings is 1. The highest BCUT2D eigenvalue weighted by Gasteiger charge is 2.31. The molecule has 1 saturated heterocycles. The molecule has 0 bridgehead atoms. The summed E-state index contributed by atoms with van der Waals surface area (Å²) in [6.07, 6.45) is 0.877. The lowest BCUT2D eigenvalue weighted by atomic mass is 9.96. The molecule has 0 spiro atoms. The van der Waals surface area contributed by atoms with Crippen LogP contribution in [0.15, 0.2) is 0 Å². The molecular formula is C9H21N3O2S. The molecule has 0 aliphatic carbocycles. The van der Waals surface area contributed by atoms with Crippen LogP contribution in [0, 0.1) is 5.92 Å². The van der Waals surface area contributed by atoms with Crippen molar-refractivity contribution in [1.29, 1.82) is 0 Å². The van der Waals surface area contributed by atoms with Crippen LogP contribution in [0.4, 0.5) is 0 Å². The van der Waals surface area contributed by atoms with Gasteiger partial charge in [-0.3, -0.25) is 0 Å². The van der Waals surface area contributed by atoms with Crippen LogP contribution < -0.4 is 10.0 Å². The molecule has 0 amide bonds. The van der Waals surface area contributed by atoms with Gasteiger partial charge in [-0.15, -0.1) is 0 Å². The van der Waals surface area contributed by atoms with Crippen molar-refractivity contribution in [2.24, 2.45) is 5.92 Å². The van der Waals surface area contributed by atoms with Crippen molar-refractivity contribution in [3.05, 3.63) is 0 Å². The molecule has 15 heavy (non-hydrogen) atoms. The highest BCUT2D eigenvalue weighted by atomic mass is 32.2. The summed E-state index contributed by atoms with van der Waals surface area (Å²) in [6.45, 7) is 5.52. The van der Waals surface area contributed by atoms with Gasteiger partial charge < -0.3 is 5.32 Å². The molecule has 1 aliphatic rings. The minimum absolute atomic E-state index is 0.359. The summed E-state index contributed by atoms with van der Waals surface area (Å²) in [5, 5.41) is 3.22. The van der Waals surface area contributed by atoms with E-state index in [1.807, 2.05) is 7.05 Å². The standard InChI is InChI=1S/C9H21N3O2S/c1-4-11-15(13,14)12-6-5-9(10-3)8(2)7-12/h8-11H,4-7H2,1-3H3. The number of nitrogens with zero attached hydrogens (tertiary/aromatic N) is 1. The van der Waals surface area contributed by atoms with E-state index < -0.39 is 10.2 Å². The maximum Gasteiger partial charge on any atom is 0.279 e. The van der Waals surface area contributed by atoms with Gasteiger partial charge in [0.1, 0.15) is 0 Å². The van der Waals surface area contributed by atoms with Crippen LogP contribution in [0.25, 0.3) is 0 Å². The highest BCUT2D eigenvalue weighted by molar-refractivity contribution is 7.87. The molecule has 1 fully saturated rings. The van der Waals surface area contributed by atoms with Crippen LogP contribution in [-0.2, 0) is 10.2 Å². The summed E-state index contributed by atoms with van der Waals surface area (Å²) in [6, 6.07) is 0.429. The van der Waals surface area contributed by atoms with Gasteiger partial charge in [0.15, 0.2) is 0 Å². The van der Waals surface area contributed by atoms with Gasteiger partial charge in [-0.05, 0) is 19.4 Å². The number of nitrogens with one attached hydrogen (secondary N) is 2. The molecule has 0 aromatic heterocycles. The molecule has 90 valence electrons. The zero-order valence-corrected chi connectivity index (χ0v) is 10.5. The second-order valence-corrected chi connectivity index (χ2v) is 5.78. The first kappa shape index (κ1) is 12.9. The Morgan fingerprint density at radius 2 is 2.13 bits per heavy atom. The van der Waals surface area contributed by atoms with Crippen LogP contribution in [0.1, 0.15) is 20.3 Å². The average molecular weight is 235 g/mol. The first-order valence-electron chi connectivity index (χ1n) is 5.43. The summed E-state index contributed by atoms with van der Waals surface area (Å²) >= 11 is 0. The fourth-order valence-corrected chi connectivity index (χ4v) is 3.35. The monoisotopic (exact) mass is 235 g/mol. The van der Waals surface area contributed by atoms with E-state index >= 15 is 0 Å². The minimum atomic E-state index is -3.24. The molecule has 1 rings (SSSR count). The van der Waals surface area contributed by atoms with Gasteiger partial charge in [-0.2, -0.15) is 12.7 Å². The first-order chi connectivity index (χ1) is 7.01. The molecule has 5 nitrogen and oxygen atoms in total. The number of hydrogen-bond acceptors (Lipinski definition) is 3. The Morgan fingerprint density at radius 3 is 2.60 bits per heavy atom. The summed E-state index contributed by atoms with van der Waals surface area (Å²) in [5.41, 5.74) is 0. The van der Waals surface area contributed by atoms with E-state index in [1.165, 1.54) is 4.31 Å². The Bertz CT molecular complexity index is 292. The van der Waals surface area contributed by atoms with Crippen molar-refractivity contribution in [3.63, 3.8) is 0 Å². The van der Waals surface area contributed by atoms with Gasteiger partial charge >= 0.3 is 0 Å². The summed E-state index contributed by atoms with van der Waals surface area (Å²) in [5.74, 6) is 0.359. The Balaban J connectivity index is 2.61. The largest absolute Gasteiger partial charge is 0.317 e. The summed E-state index contributed by atoms with van der Waals surface area (Å²) in [4.78, 5) is 0. The van der Waals surface area contributed by atoms with E-state index in [0.29, 0.717) is 31.6 Å². The molecule has 2 atom stereocenters. The predicted molar refractivity (Wildman–Crippen MR) is 60.8 cm³/mol. The lowest BCUT2D eigenvalue weighted by Crippen LogP contribution is -2.52. The maximum absolute atomic E-state index is 11.7. The molecule has 6 heteroatoms. The van der Waals surface area contributed by atoms with E-state index in [-0.39, 0.29) is 0 Å². The Kier molecular flexibility index (Phi) is 4.51. The van der Waals surface area contributed by atoms with E-state index in [9.17, 15) is 8.42 Å². The van der Waals surface area contributed by atoms with Gasteiger partial charge in [0.2, 0.25) is 0 Å². The van der Waals surface area contributed by atoms with Crippen LogP contribution in [-0.4, -0.2) is 45.4 Å². The van der Waals surface area contributed by atoms with Gasteiger partial charge in [0.25, 0.3) is 10.2 Å². The Morgan fingerprint density at radius 1 is 1.47 bits per heavy atom. The number of hydrogen-bond donors (Lipinski definition) is 2. The minimum Gasteiger partial charge on any atom is -0.317 e. The number of rotatable bonds is 4. The SMILES string of the molecule is CCNS(=O)(=O)N1CCC(NC)C(C)C1. The molecule has 0 saturated carbocycles. The van der Waals surface area contributed by atoms with Crippen molar-refractivity contribution in [2.75, 3.05) is 26.7 Å². The zero-order valence-electron chi connectivity index (χ0n) is 9.66. The molecule has 0 radical (unpaired) electrons. The second kappa shape index (κ2) is 5.25. The molecule has 2 N–H and O–H groups in total. The normalized spacial score (nSPS) is 29.3. The highest BCUT2D eigenvalue weighted by Crippen LogP contribution is 2.18. The first-order valence-corrected chi connectivity index (χ1v) is 6.87. The smallest absolute Gasteiger partial charge is 0.279 e. The topological polar surface area (TPSA) is 61.4 Å². The van der Waals surface area contributed by atoms with Crippen LogP contribution >= 0.6 is 0 Å². The van der Waals surface area contributed by atoms with Gasteiger partial charge in [0, 0.05) is 25.7 Å². The van der Waals surface area contributed by atoms with Gasteiger partial charge in [-0.1, -0.05) is 13.8 Å². The lowest BCUT2D eigenvalue weighted by molar-refractivity contribution is 0.226. The quantitative estimate of drug-likeness (QED) is 0.707. The molecule has 1 heterocycles. The molecule has 2 unspecified atom stereocenters. The average Bonchev–Trinajstić information content (AvgIpc) is 2.17. The van der Waals surface area contributed by atoms with Gasteiger partial charge in [-0.25, -0.2) is 4.72 Å². The predicted octanol–water partition coefficient (Wildman–Crippen LogP) is -0.229. The third-order valence-electron chi connectivity index (χ3n) is 2.91. The third kappa shape index (κ3) is 3.14.